The molecule has 3 aromatic rings. The number of methoxy groups -OCH3 is 1. The topological polar surface area (TPSA) is 95.5 Å². The second-order valence-electron chi connectivity index (χ2n) is 7.33. The first-order valence-corrected chi connectivity index (χ1v) is 9.56. The Bertz CT molecular complexity index is 1050. The van der Waals surface area contributed by atoms with E-state index in [2.05, 4.69) is 15.2 Å². The normalized spacial score (nSPS) is 18.2. The Morgan fingerprint density at radius 2 is 2.07 bits per heavy atom. The number of ether oxygens (including phenoxy) is 2. The van der Waals surface area contributed by atoms with E-state index in [0.29, 0.717) is 55.9 Å². The lowest BCUT2D eigenvalue weighted by molar-refractivity contribution is -0.0268. The Labute approximate surface area is 165 Å². The Hall–Kier alpha value is -3.01. The summed E-state index contributed by atoms with van der Waals surface area (Å²) in [4.78, 5) is 17.7. The van der Waals surface area contributed by atoms with Gasteiger partial charge in [-0.15, -0.1) is 0 Å². The molecule has 29 heavy (non-hydrogen) atoms. The van der Waals surface area contributed by atoms with Crippen LogP contribution in [-0.2, 0) is 9.47 Å². The number of amides is 1. The minimum atomic E-state index is -0.428. The second kappa shape index (κ2) is 7.11. The van der Waals surface area contributed by atoms with Crippen molar-refractivity contribution in [2.45, 2.75) is 24.8 Å². The van der Waals surface area contributed by atoms with E-state index in [1.807, 2.05) is 0 Å². The van der Waals surface area contributed by atoms with Gasteiger partial charge in [0.2, 0.25) is 0 Å². The van der Waals surface area contributed by atoms with Gasteiger partial charge in [0.05, 0.1) is 38.1 Å². The monoisotopic (exact) mass is 401 g/mol. The fraction of sp³-hybridized carbons (Fsp3) is 0.474. The van der Waals surface area contributed by atoms with E-state index in [4.69, 9.17) is 14.0 Å². The molecule has 1 amide bonds. The second-order valence-corrected chi connectivity index (χ2v) is 7.33. The summed E-state index contributed by atoms with van der Waals surface area (Å²) in [5.41, 5.74) is 0.673. The lowest BCUT2D eigenvalue weighted by Gasteiger charge is -2.29. The number of carbonyl (C=O) groups excluding carboxylic acids is 1. The molecular weight excluding hydrogens is 381 g/mol. The van der Waals surface area contributed by atoms with Crippen molar-refractivity contribution in [3.05, 3.63) is 30.0 Å². The van der Waals surface area contributed by atoms with Gasteiger partial charge < -0.3 is 18.9 Å². The van der Waals surface area contributed by atoms with Gasteiger partial charge in [-0.05, 0) is 18.9 Å². The van der Waals surface area contributed by atoms with Crippen molar-refractivity contribution in [3.63, 3.8) is 0 Å². The van der Waals surface area contributed by atoms with Crippen LogP contribution in [0.4, 0.5) is 9.18 Å². The van der Waals surface area contributed by atoms with Crippen molar-refractivity contribution in [2.24, 2.45) is 0 Å². The molecule has 2 aromatic heterocycles. The molecule has 10 heteroatoms. The number of piperidine rings is 1. The van der Waals surface area contributed by atoms with Gasteiger partial charge in [0, 0.05) is 24.4 Å². The molecule has 0 spiro atoms. The van der Waals surface area contributed by atoms with Crippen molar-refractivity contribution >= 4 is 17.0 Å². The van der Waals surface area contributed by atoms with Crippen molar-refractivity contribution in [1.82, 2.24) is 24.8 Å². The predicted molar refractivity (Wildman–Crippen MR) is 98.8 cm³/mol. The molecule has 0 aliphatic carbocycles. The number of hydrogen-bond acceptors (Lipinski definition) is 7. The lowest BCUT2D eigenvalue weighted by Crippen LogP contribution is -2.37. The highest BCUT2D eigenvalue weighted by atomic mass is 19.1. The number of carbonyl (C=O) groups is 1. The SMILES string of the molecule is COC(=O)N1CCC(c2noc(-c3ccc4cnn(C5COC5)c4c3F)n2)CC1. The van der Waals surface area contributed by atoms with Crippen molar-refractivity contribution < 1.29 is 23.2 Å². The number of nitrogens with zero attached hydrogens (tertiary/aromatic N) is 5. The molecule has 5 rings (SSSR count). The van der Waals surface area contributed by atoms with Crippen LogP contribution in [0.25, 0.3) is 22.4 Å². The first-order chi connectivity index (χ1) is 14.2. The highest BCUT2D eigenvalue weighted by molar-refractivity contribution is 5.84. The Kier molecular flexibility index (Phi) is 4.42. The Balaban J connectivity index is 1.40. The van der Waals surface area contributed by atoms with Crippen LogP contribution in [0.5, 0.6) is 0 Å². The average molecular weight is 401 g/mol. The Morgan fingerprint density at radius 1 is 1.28 bits per heavy atom. The van der Waals surface area contributed by atoms with E-state index in [1.54, 1.807) is 27.9 Å². The summed E-state index contributed by atoms with van der Waals surface area (Å²) in [5.74, 6) is 0.304. The molecule has 0 atom stereocenters. The standard InChI is InChI=1S/C19H20FN5O4/c1-27-19(26)24-6-4-11(5-7-24)17-22-18(29-23-17)14-3-2-12-8-21-25(13-9-28-10-13)16(12)15(14)20/h2-3,8,11,13H,4-7,9-10H2,1H3. The van der Waals surface area contributed by atoms with Gasteiger partial charge in [-0.25, -0.2) is 9.18 Å². The van der Waals surface area contributed by atoms with Crippen LogP contribution in [0, 0.1) is 5.82 Å². The summed E-state index contributed by atoms with van der Waals surface area (Å²) in [6, 6.07) is 3.48. The molecule has 0 unspecified atom stereocenters. The molecule has 9 nitrogen and oxygen atoms in total. The van der Waals surface area contributed by atoms with Crippen LogP contribution in [-0.4, -0.2) is 64.3 Å². The molecule has 2 saturated heterocycles. The van der Waals surface area contributed by atoms with E-state index < -0.39 is 5.82 Å². The average Bonchev–Trinajstić information content (AvgIpc) is 3.35. The van der Waals surface area contributed by atoms with Gasteiger partial charge in [0.1, 0.15) is 5.52 Å². The van der Waals surface area contributed by atoms with E-state index in [1.165, 1.54) is 7.11 Å². The van der Waals surface area contributed by atoms with Crippen molar-refractivity contribution in [1.29, 1.82) is 0 Å². The smallest absolute Gasteiger partial charge is 0.409 e. The maximum atomic E-state index is 15.3. The number of fused-ring (bicyclic) bond motifs is 1. The largest absolute Gasteiger partial charge is 0.453 e. The zero-order chi connectivity index (χ0) is 20.0. The van der Waals surface area contributed by atoms with E-state index >= 15 is 4.39 Å². The maximum Gasteiger partial charge on any atom is 0.409 e. The van der Waals surface area contributed by atoms with Crippen LogP contribution in [0.3, 0.4) is 0 Å². The maximum absolute atomic E-state index is 15.3. The van der Waals surface area contributed by atoms with E-state index in [9.17, 15) is 4.79 Å². The molecule has 0 bridgehead atoms. The molecule has 2 aliphatic heterocycles. The molecule has 0 saturated carbocycles. The summed E-state index contributed by atoms with van der Waals surface area (Å²) >= 11 is 0. The predicted octanol–water partition coefficient (Wildman–Crippen LogP) is 2.74. The van der Waals surface area contributed by atoms with Crippen LogP contribution in [0.1, 0.15) is 30.6 Å². The molecule has 4 heterocycles. The van der Waals surface area contributed by atoms with Crippen LogP contribution >= 0.6 is 0 Å². The van der Waals surface area contributed by atoms with E-state index in [0.717, 1.165) is 0 Å². The van der Waals surface area contributed by atoms with Crippen molar-refractivity contribution in [2.75, 3.05) is 33.4 Å². The minimum absolute atomic E-state index is 0.0375. The number of aromatic nitrogens is 4. The molecular formula is C19H20FN5O4. The summed E-state index contributed by atoms with van der Waals surface area (Å²) in [7, 11) is 1.37. The number of rotatable bonds is 3. The third-order valence-corrected chi connectivity index (χ3v) is 5.63. The fourth-order valence-electron chi connectivity index (χ4n) is 3.86. The van der Waals surface area contributed by atoms with Gasteiger partial charge in [-0.2, -0.15) is 10.1 Å². The summed E-state index contributed by atoms with van der Waals surface area (Å²) in [6.45, 7) is 2.17. The number of likely N-dealkylation sites (tertiary alicyclic amines) is 1. The zero-order valence-corrected chi connectivity index (χ0v) is 15.9. The molecule has 1 aromatic carbocycles. The van der Waals surface area contributed by atoms with Gasteiger partial charge in [0.25, 0.3) is 5.89 Å². The molecule has 152 valence electrons. The number of benzene rings is 1. The number of halogens is 1. The van der Waals surface area contributed by atoms with Crippen LogP contribution in [0.2, 0.25) is 0 Å². The molecule has 2 fully saturated rings. The summed E-state index contributed by atoms with van der Waals surface area (Å²) < 4.78 is 32.3. The van der Waals surface area contributed by atoms with Gasteiger partial charge in [-0.3, -0.25) is 4.68 Å². The highest BCUT2D eigenvalue weighted by Crippen LogP contribution is 2.33. The van der Waals surface area contributed by atoms with E-state index in [-0.39, 0.29) is 29.5 Å². The minimum Gasteiger partial charge on any atom is -0.453 e. The third-order valence-electron chi connectivity index (χ3n) is 5.63. The quantitative estimate of drug-likeness (QED) is 0.666. The first kappa shape index (κ1) is 18.0. The highest BCUT2D eigenvalue weighted by Gasteiger charge is 2.29. The summed E-state index contributed by atoms with van der Waals surface area (Å²) in [5, 5.41) is 9.09. The fourth-order valence-corrected chi connectivity index (χ4v) is 3.86. The zero-order valence-electron chi connectivity index (χ0n) is 15.9. The van der Waals surface area contributed by atoms with Gasteiger partial charge in [-0.1, -0.05) is 11.2 Å². The first-order valence-electron chi connectivity index (χ1n) is 9.56. The van der Waals surface area contributed by atoms with Crippen molar-refractivity contribution in [3.8, 4) is 11.5 Å². The van der Waals surface area contributed by atoms with Crippen LogP contribution in [0.15, 0.2) is 22.9 Å². The van der Waals surface area contributed by atoms with Gasteiger partial charge in [0.15, 0.2) is 11.6 Å². The molecule has 0 radical (unpaired) electrons. The third kappa shape index (κ3) is 3.03. The molecule has 0 N–H and O–H groups in total. The number of hydrogen-bond donors (Lipinski definition) is 0. The Morgan fingerprint density at radius 3 is 2.76 bits per heavy atom. The molecule has 2 aliphatic rings. The van der Waals surface area contributed by atoms with Crippen LogP contribution < -0.4 is 0 Å². The van der Waals surface area contributed by atoms with Gasteiger partial charge >= 0.3 is 6.09 Å². The summed E-state index contributed by atoms with van der Waals surface area (Å²) in [6.07, 6.45) is 2.71. The lowest BCUT2D eigenvalue weighted by atomic mass is 9.96.